The summed E-state index contributed by atoms with van der Waals surface area (Å²) < 4.78 is 3.85. The Morgan fingerprint density at radius 3 is 3.08 bits per heavy atom. The molecule has 0 radical (unpaired) electrons. The average Bonchev–Trinajstić information content (AvgIpc) is 3.14. The van der Waals surface area contributed by atoms with Crippen molar-refractivity contribution in [2.45, 2.75) is 32.1 Å². The van der Waals surface area contributed by atoms with Crippen molar-refractivity contribution in [3.8, 4) is 11.4 Å². The van der Waals surface area contributed by atoms with Crippen LogP contribution < -0.4 is 5.32 Å². The first-order chi connectivity index (χ1) is 11.7. The van der Waals surface area contributed by atoms with Gasteiger partial charge in [0.2, 0.25) is 0 Å². The van der Waals surface area contributed by atoms with E-state index in [0.717, 1.165) is 28.6 Å². The molecule has 1 saturated carbocycles. The summed E-state index contributed by atoms with van der Waals surface area (Å²) >= 11 is 1.11. The number of benzene rings is 1. The van der Waals surface area contributed by atoms with Crippen LogP contribution in [0.15, 0.2) is 24.3 Å². The van der Waals surface area contributed by atoms with Crippen molar-refractivity contribution < 1.29 is 4.79 Å². The normalized spacial score (nSPS) is 13.9. The molecule has 0 bridgehead atoms. The molecule has 4 rings (SSSR count). The molecule has 0 atom stereocenters. The van der Waals surface area contributed by atoms with Crippen LogP contribution in [0.5, 0.6) is 0 Å². The summed E-state index contributed by atoms with van der Waals surface area (Å²) in [6.07, 6.45) is 3.03. The molecule has 2 heterocycles. The van der Waals surface area contributed by atoms with Gasteiger partial charge in [0.15, 0.2) is 5.82 Å². The number of nitrogens with one attached hydrogen (secondary N) is 2. The van der Waals surface area contributed by atoms with Crippen LogP contribution in [0.1, 0.15) is 46.9 Å². The molecule has 3 aromatic rings. The second kappa shape index (κ2) is 6.12. The van der Waals surface area contributed by atoms with Gasteiger partial charge in [-0.05, 0) is 42.9 Å². The molecule has 2 aromatic heterocycles. The maximum atomic E-state index is 12.4. The Morgan fingerprint density at radius 2 is 2.29 bits per heavy atom. The number of carbonyl (C=O) groups is 1. The summed E-state index contributed by atoms with van der Waals surface area (Å²) in [6.45, 7) is 1.95. The summed E-state index contributed by atoms with van der Waals surface area (Å²) in [5, 5.41) is 14.1. The third kappa shape index (κ3) is 2.92. The summed E-state index contributed by atoms with van der Waals surface area (Å²) in [6, 6.07) is 7.53. The van der Waals surface area contributed by atoms with Crippen molar-refractivity contribution in [3.05, 3.63) is 40.7 Å². The minimum Gasteiger partial charge on any atom is -0.321 e. The quantitative estimate of drug-likeness (QED) is 0.744. The number of anilines is 1. The van der Waals surface area contributed by atoms with Gasteiger partial charge in [-0.3, -0.25) is 9.89 Å². The van der Waals surface area contributed by atoms with E-state index in [-0.39, 0.29) is 5.91 Å². The van der Waals surface area contributed by atoms with Crippen LogP contribution in [0.25, 0.3) is 11.4 Å². The van der Waals surface area contributed by atoms with E-state index in [4.69, 9.17) is 0 Å². The van der Waals surface area contributed by atoms with E-state index < -0.39 is 0 Å². The summed E-state index contributed by atoms with van der Waals surface area (Å²) in [7, 11) is 0. The number of aromatic amines is 1. The molecule has 0 saturated heterocycles. The van der Waals surface area contributed by atoms with Crippen LogP contribution in [0.4, 0.5) is 5.69 Å². The third-order valence-electron chi connectivity index (χ3n) is 3.94. The van der Waals surface area contributed by atoms with E-state index in [1.54, 1.807) is 0 Å². The number of hydrogen-bond acceptors (Lipinski definition) is 6. The number of hydrogen-bond donors (Lipinski definition) is 2. The maximum absolute atomic E-state index is 12.4. The molecule has 1 aromatic carbocycles. The molecule has 7 nitrogen and oxygen atoms in total. The van der Waals surface area contributed by atoms with Gasteiger partial charge in [0, 0.05) is 17.2 Å². The first kappa shape index (κ1) is 14.9. The molecule has 2 N–H and O–H groups in total. The average molecular weight is 340 g/mol. The molecule has 1 aliphatic carbocycles. The fourth-order valence-electron chi connectivity index (χ4n) is 2.48. The van der Waals surface area contributed by atoms with Gasteiger partial charge < -0.3 is 5.32 Å². The van der Waals surface area contributed by atoms with E-state index >= 15 is 0 Å². The summed E-state index contributed by atoms with van der Waals surface area (Å²) in [5.41, 5.74) is 2.29. The SMILES string of the molecule is CCc1nnsc1C(=O)Nc1cccc(-c2n[nH]c(C3CC3)n2)c1. The van der Waals surface area contributed by atoms with E-state index in [1.165, 1.54) is 12.8 Å². The molecular weight excluding hydrogens is 324 g/mol. The van der Waals surface area contributed by atoms with Gasteiger partial charge in [-0.25, -0.2) is 4.98 Å². The van der Waals surface area contributed by atoms with Crippen molar-refractivity contribution >= 4 is 23.1 Å². The molecular formula is C16H16N6OS. The standard InChI is InChI=1S/C16H16N6OS/c1-2-12-13(24-22-19-12)16(23)17-11-5-3-4-10(8-11)15-18-14(20-21-15)9-6-7-9/h3-5,8-9H,2,6-7H2,1H3,(H,17,23)(H,18,20,21). The zero-order valence-electron chi connectivity index (χ0n) is 13.1. The predicted octanol–water partition coefficient (Wildman–Crippen LogP) is 3.02. The Kier molecular flexibility index (Phi) is 3.81. The Bertz CT molecular complexity index is 882. The van der Waals surface area contributed by atoms with Gasteiger partial charge >= 0.3 is 0 Å². The van der Waals surface area contributed by atoms with Gasteiger partial charge in [0.25, 0.3) is 5.91 Å². The highest BCUT2D eigenvalue weighted by atomic mass is 32.1. The zero-order chi connectivity index (χ0) is 16.5. The van der Waals surface area contributed by atoms with E-state index in [1.807, 2.05) is 31.2 Å². The van der Waals surface area contributed by atoms with Crippen LogP contribution >= 0.6 is 11.5 Å². The smallest absolute Gasteiger partial charge is 0.269 e. The lowest BCUT2D eigenvalue weighted by molar-refractivity contribution is 0.102. The lowest BCUT2D eigenvalue weighted by Crippen LogP contribution is -2.12. The number of aryl methyl sites for hydroxylation is 1. The van der Waals surface area contributed by atoms with Gasteiger partial charge in [-0.1, -0.05) is 23.5 Å². The highest BCUT2D eigenvalue weighted by Crippen LogP contribution is 2.38. The lowest BCUT2D eigenvalue weighted by atomic mass is 10.2. The second-order valence-corrected chi connectivity index (χ2v) is 6.51. The first-order valence-corrected chi connectivity index (χ1v) is 8.67. The van der Waals surface area contributed by atoms with Gasteiger partial charge in [0.05, 0.1) is 5.69 Å². The fourth-order valence-corrected chi connectivity index (χ4v) is 3.12. The Morgan fingerprint density at radius 1 is 1.42 bits per heavy atom. The monoisotopic (exact) mass is 340 g/mol. The minimum absolute atomic E-state index is 0.187. The third-order valence-corrected chi connectivity index (χ3v) is 4.71. The van der Waals surface area contributed by atoms with Crippen molar-refractivity contribution in [1.29, 1.82) is 0 Å². The van der Waals surface area contributed by atoms with Crippen LogP contribution in [-0.2, 0) is 6.42 Å². The summed E-state index contributed by atoms with van der Waals surface area (Å²) in [5.74, 6) is 1.94. The van der Waals surface area contributed by atoms with Gasteiger partial charge in [-0.15, -0.1) is 5.10 Å². The van der Waals surface area contributed by atoms with Crippen LogP contribution in [0.2, 0.25) is 0 Å². The zero-order valence-corrected chi connectivity index (χ0v) is 13.9. The van der Waals surface area contributed by atoms with Crippen LogP contribution in [0, 0.1) is 0 Å². The Balaban J connectivity index is 1.54. The molecule has 1 aliphatic rings. The summed E-state index contributed by atoms with van der Waals surface area (Å²) in [4.78, 5) is 17.5. The molecule has 1 fully saturated rings. The molecule has 0 aliphatic heterocycles. The number of H-pyrrole nitrogens is 1. The minimum atomic E-state index is -0.187. The highest BCUT2D eigenvalue weighted by Gasteiger charge is 2.27. The Labute approximate surface area is 142 Å². The van der Waals surface area contributed by atoms with Gasteiger partial charge in [0.1, 0.15) is 10.7 Å². The number of aromatic nitrogens is 5. The van der Waals surface area contributed by atoms with E-state index in [9.17, 15) is 4.79 Å². The van der Waals surface area contributed by atoms with E-state index in [2.05, 4.69) is 30.1 Å². The van der Waals surface area contributed by atoms with Crippen molar-refractivity contribution in [2.75, 3.05) is 5.32 Å². The number of rotatable bonds is 5. The van der Waals surface area contributed by atoms with Crippen molar-refractivity contribution in [2.24, 2.45) is 0 Å². The molecule has 8 heteroatoms. The molecule has 1 amide bonds. The largest absolute Gasteiger partial charge is 0.321 e. The van der Waals surface area contributed by atoms with Gasteiger partial charge in [-0.2, -0.15) is 5.10 Å². The molecule has 0 spiro atoms. The van der Waals surface area contributed by atoms with Crippen molar-refractivity contribution in [3.63, 3.8) is 0 Å². The molecule has 24 heavy (non-hydrogen) atoms. The fraction of sp³-hybridized carbons (Fsp3) is 0.312. The second-order valence-electron chi connectivity index (χ2n) is 5.76. The highest BCUT2D eigenvalue weighted by molar-refractivity contribution is 7.08. The topological polar surface area (TPSA) is 96.5 Å². The number of carbonyl (C=O) groups excluding carboxylic acids is 1. The number of amides is 1. The molecule has 122 valence electrons. The Hall–Kier alpha value is -2.61. The maximum Gasteiger partial charge on any atom is 0.269 e. The van der Waals surface area contributed by atoms with Crippen LogP contribution in [0.3, 0.4) is 0 Å². The van der Waals surface area contributed by atoms with Crippen molar-refractivity contribution in [1.82, 2.24) is 24.8 Å². The number of nitrogens with zero attached hydrogens (tertiary/aromatic N) is 4. The predicted molar refractivity (Wildman–Crippen MR) is 91.0 cm³/mol. The van der Waals surface area contributed by atoms with Crippen LogP contribution in [-0.4, -0.2) is 30.7 Å². The van der Waals surface area contributed by atoms with E-state index in [0.29, 0.717) is 28.7 Å². The lowest BCUT2D eigenvalue weighted by Gasteiger charge is -2.05. The first-order valence-electron chi connectivity index (χ1n) is 7.90. The molecule has 0 unspecified atom stereocenters.